The molecule has 0 saturated carbocycles. The molecule has 4 rings (SSSR count). The van der Waals surface area contributed by atoms with Gasteiger partial charge in [-0.2, -0.15) is 0 Å². The molecule has 0 spiro atoms. The Balaban J connectivity index is 1.63. The largest absolute Gasteiger partial charge is 0.433 e. The first kappa shape index (κ1) is 20.5. The van der Waals surface area contributed by atoms with Gasteiger partial charge in [-0.25, -0.2) is 4.98 Å². The van der Waals surface area contributed by atoms with Crippen molar-refractivity contribution in [2.75, 3.05) is 44.3 Å². The van der Waals surface area contributed by atoms with Crippen LogP contribution in [0.2, 0.25) is 0 Å². The summed E-state index contributed by atoms with van der Waals surface area (Å²) in [6.07, 6.45) is 0.916. The lowest BCUT2D eigenvalue weighted by Crippen LogP contribution is -2.43. The summed E-state index contributed by atoms with van der Waals surface area (Å²) in [5.41, 5.74) is 2.02. The Kier molecular flexibility index (Phi) is 6.07. The number of hydrogen-bond donors (Lipinski definition) is 0. The molecule has 158 valence electrons. The van der Waals surface area contributed by atoms with Crippen LogP contribution in [0.5, 0.6) is 0 Å². The Labute approximate surface area is 177 Å². The van der Waals surface area contributed by atoms with E-state index in [-0.39, 0.29) is 5.76 Å². The number of amides is 1. The number of nitro groups is 1. The molecule has 0 aliphatic carbocycles. The van der Waals surface area contributed by atoms with Gasteiger partial charge in [-0.15, -0.1) is 0 Å². The molecular formula is C20H22N4O5S. The van der Waals surface area contributed by atoms with Crippen LogP contribution in [0.4, 0.5) is 11.0 Å². The molecule has 3 aromatic rings. The standard InChI is InChI=1S/C20H22N4O5S/c1-2-14-3-4-15-17(13-14)30-20(21-15)23(8-7-22-9-11-28-12-10-22)19(25)16-5-6-18(29-16)24(26)27/h3-6,13H,2,7-12H2,1H3. The number of ether oxygens (including phenoxy) is 1. The Morgan fingerprint density at radius 1 is 1.30 bits per heavy atom. The number of benzene rings is 1. The topological polar surface area (TPSA) is 102 Å². The van der Waals surface area contributed by atoms with Crippen molar-refractivity contribution in [1.82, 2.24) is 9.88 Å². The van der Waals surface area contributed by atoms with Crippen molar-refractivity contribution < 1.29 is 18.9 Å². The molecule has 0 bridgehead atoms. The van der Waals surface area contributed by atoms with Gasteiger partial charge in [0.25, 0.3) is 5.91 Å². The van der Waals surface area contributed by atoms with Crippen LogP contribution in [0, 0.1) is 10.1 Å². The lowest BCUT2D eigenvalue weighted by Gasteiger charge is -2.28. The first-order chi connectivity index (χ1) is 14.5. The number of anilines is 1. The zero-order valence-electron chi connectivity index (χ0n) is 16.6. The van der Waals surface area contributed by atoms with Crippen molar-refractivity contribution >= 4 is 38.5 Å². The zero-order valence-corrected chi connectivity index (χ0v) is 17.4. The second-order valence-corrected chi connectivity index (χ2v) is 7.97. The second kappa shape index (κ2) is 8.90. The molecule has 0 N–H and O–H groups in total. The molecule has 3 heterocycles. The lowest BCUT2D eigenvalue weighted by molar-refractivity contribution is -0.402. The maximum atomic E-state index is 13.2. The van der Waals surface area contributed by atoms with Crippen molar-refractivity contribution in [2.45, 2.75) is 13.3 Å². The minimum Gasteiger partial charge on any atom is -0.395 e. The van der Waals surface area contributed by atoms with E-state index in [0.29, 0.717) is 31.4 Å². The smallest absolute Gasteiger partial charge is 0.395 e. The quantitative estimate of drug-likeness (QED) is 0.418. The van der Waals surface area contributed by atoms with Crippen molar-refractivity contribution in [2.24, 2.45) is 0 Å². The molecule has 1 saturated heterocycles. The van der Waals surface area contributed by atoms with Gasteiger partial charge in [-0.3, -0.25) is 24.7 Å². The SMILES string of the molecule is CCc1ccc2nc(N(CCN3CCOCC3)C(=O)c3ccc([N+](=O)[O-])o3)sc2c1. The lowest BCUT2D eigenvalue weighted by atomic mass is 10.2. The van der Waals surface area contributed by atoms with Gasteiger partial charge in [0.05, 0.1) is 29.5 Å². The van der Waals surface area contributed by atoms with Gasteiger partial charge in [0.1, 0.15) is 4.92 Å². The fourth-order valence-electron chi connectivity index (χ4n) is 3.32. The average Bonchev–Trinajstić information content (AvgIpc) is 3.41. The number of carbonyl (C=O) groups excluding carboxylic acids is 1. The molecule has 1 fully saturated rings. The zero-order chi connectivity index (χ0) is 21.1. The summed E-state index contributed by atoms with van der Waals surface area (Å²) in [7, 11) is 0. The normalized spacial score (nSPS) is 14.8. The van der Waals surface area contributed by atoms with Crippen LogP contribution >= 0.6 is 11.3 Å². The molecule has 9 nitrogen and oxygen atoms in total. The van der Waals surface area contributed by atoms with Crippen LogP contribution in [0.1, 0.15) is 23.0 Å². The number of nitrogens with zero attached hydrogens (tertiary/aromatic N) is 4. The molecule has 2 aromatic heterocycles. The first-order valence-electron chi connectivity index (χ1n) is 9.81. The average molecular weight is 430 g/mol. The Morgan fingerprint density at radius 3 is 2.80 bits per heavy atom. The monoisotopic (exact) mass is 430 g/mol. The summed E-state index contributed by atoms with van der Waals surface area (Å²) < 4.78 is 11.5. The Hall–Kier alpha value is -2.82. The van der Waals surface area contributed by atoms with Gasteiger partial charge in [-0.1, -0.05) is 24.3 Å². The number of carbonyl (C=O) groups is 1. The number of fused-ring (bicyclic) bond motifs is 1. The van der Waals surface area contributed by atoms with E-state index in [1.54, 1.807) is 4.90 Å². The summed E-state index contributed by atoms with van der Waals surface area (Å²) in [5, 5.41) is 11.5. The van der Waals surface area contributed by atoms with Gasteiger partial charge < -0.3 is 9.15 Å². The molecule has 1 amide bonds. The van der Waals surface area contributed by atoms with Crippen LogP contribution in [-0.2, 0) is 11.2 Å². The molecule has 1 aromatic carbocycles. The van der Waals surface area contributed by atoms with E-state index >= 15 is 0 Å². The number of morpholine rings is 1. The highest BCUT2D eigenvalue weighted by Crippen LogP contribution is 2.31. The molecule has 10 heteroatoms. The molecule has 0 radical (unpaired) electrons. The van der Waals surface area contributed by atoms with Crippen LogP contribution in [0.3, 0.4) is 0 Å². The Bertz CT molecular complexity index is 1060. The summed E-state index contributed by atoms with van der Waals surface area (Å²) in [4.78, 5) is 31.9. The number of thiazole rings is 1. The van der Waals surface area contributed by atoms with Crippen LogP contribution < -0.4 is 4.90 Å². The van der Waals surface area contributed by atoms with E-state index in [2.05, 4.69) is 22.9 Å². The number of rotatable bonds is 7. The second-order valence-electron chi connectivity index (χ2n) is 6.96. The fraction of sp³-hybridized carbons (Fsp3) is 0.400. The Morgan fingerprint density at radius 2 is 2.10 bits per heavy atom. The number of furan rings is 1. The molecular weight excluding hydrogens is 408 g/mol. The number of hydrogen-bond acceptors (Lipinski definition) is 8. The maximum absolute atomic E-state index is 13.2. The van der Waals surface area contributed by atoms with Gasteiger partial charge in [0.15, 0.2) is 10.9 Å². The van der Waals surface area contributed by atoms with E-state index < -0.39 is 16.7 Å². The molecule has 0 unspecified atom stereocenters. The van der Waals surface area contributed by atoms with Gasteiger partial charge in [-0.05, 0) is 30.2 Å². The first-order valence-corrected chi connectivity index (χ1v) is 10.6. The van der Waals surface area contributed by atoms with Crippen molar-refractivity contribution in [3.05, 3.63) is 51.8 Å². The van der Waals surface area contributed by atoms with Crippen molar-refractivity contribution in [3.8, 4) is 0 Å². The molecule has 0 atom stereocenters. The molecule has 1 aliphatic heterocycles. The predicted octanol–water partition coefficient (Wildman–Crippen LogP) is 3.34. The number of aryl methyl sites for hydroxylation is 1. The fourth-order valence-corrected chi connectivity index (χ4v) is 4.37. The minimum atomic E-state index is -0.654. The van der Waals surface area contributed by atoms with E-state index in [1.165, 1.54) is 29.0 Å². The van der Waals surface area contributed by atoms with Gasteiger partial charge in [0, 0.05) is 26.2 Å². The third-order valence-corrected chi connectivity index (χ3v) is 6.09. The molecule has 1 aliphatic rings. The summed E-state index contributed by atoms with van der Waals surface area (Å²) in [6.45, 7) is 6.06. The van der Waals surface area contributed by atoms with Gasteiger partial charge in [0.2, 0.25) is 0 Å². The van der Waals surface area contributed by atoms with Crippen LogP contribution in [-0.4, -0.2) is 60.1 Å². The van der Waals surface area contributed by atoms with Gasteiger partial charge >= 0.3 is 5.88 Å². The predicted molar refractivity (Wildman–Crippen MR) is 113 cm³/mol. The minimum absolute atomic E-state index is 0.0721. The van der Waals surface area contributed by atoms with E-state index in [4.69, 9.17) is 9.15 Å². The number of aromatic nitrogens is 1. The molecule has 30 heavy (non-hydrogen) atoms. The third-order valence-electron chi connectivity index (χ3n) is 5.05. The maximum Gasteiger partial charge on any atom is 0.433 e. The van der Waals surface area contributed by atoms with E-state index in [1.807, 2.05) is 12.1 Å². The summed E-state index contributed by atoms with van der Waals surface area (Å²) in [5.74, 6) is -0.966. The van der Waals surface area contributed by atoms with Crippen LogP contribution in [0.25, 0.3) is 10.2 Å². The van der Waals surface area contributed by atoms with E-state index in [0.717, 1.165) is 29.7 Å². The third kappa shape index (κ3) is 4.35. The van der Waals surface area contributed by atoms with Crippen molar-refractivity contribution in [3.63, 3.8) is 0 Å². The summed E-state index contributed by atoms with van der Waals surface area (Å²) in [6, 6.07) is 8.60. The van der Waals surface area contributed by atoms with E-state index in [9.17, 15) is 14.9 Å². The highest BCUT2D eigenvalue weighted by molar-refractivity contribution is 7.22. The van der Waals surface area contributed by atoms with Crippen LogP contribution in [0.15, 0.2) is 34.7 Å². The highest BCUT2D eigenvalue weighted by atomic mass is 32.1. The van der Waals surface area contributed by atoms with Crippen molar-refractivity contribution in [1.29, 1.82) is 0 Å². The highest BCUT2D eigenvalue weighted by Gasteiger charge is 2.27. The summed E-state index contributed by atoms with van der Waals surface area (Å²) >= 11 is 1.43.